The van der Waals surface area contributed by atoms with Crippen LogP contribution in [0.4, 0.5) is 0 Å². The number of benzene rings is 1. The third-order valence-electron chi connectivity index (χ3n) is 5.20. The predicted octanol–water partition coefficient (Wildman–Crippen LogP) is 7.74. The van der Waals surface area contributed by atoms with Crippen molar-refractivity contribution in [3.63, 3.8) is 0 Å². The second-order valence-corrected chi connectivity index (χ2v) is 9.64. The zero-order valence-corrected chi connectivity index (χ0v) is 19.5. The van der Waals surface area contributed by atoms with Gasteiger partial charge >= 0.3 is 0 Å². The van der Waals surface area contributed by atoms with Gasteiger partial charge in [-0.3, -0.25) is 4.18 Å². The lowest BCUT2D eigenvalue weighted by Gasteiger charge is -2.05. The summed E-state index contributed by atoms with van der Waals surface area (Å²) in [6.45, 7) is 4.46. The molecule has 1 aromatic rings. The van der Waals surface area contributed by atoms with Gasteiger partial charge < -0.3 is 0 Å². The summed E-state index contributed by atoms with van der Waals surface area (Å²) in [5, 5.41) is 0. The van der Waals surface area contributed by atoms with Crippen molar-refractivity contribution >= 4 is 10.1 Å². The Morgan fingerprint density at radius 3 is 1.76 bits per heavy atom. The molecule has 0 amide bonds. The molecule has 0 radical (unpaired) electrons. The average molecular weight is 423 g/mol. The summed E-state index contributed by atoms with van der Waals surface area (Å²) in [5.74, 6) is 0. The fraction of sp³-hybridized carbons (Fsp3) is 0.680. The molecular weight excluding hydrogens is 380 g/mol. The minimum absolute atomic E-state index is 0.238. The number of unbranched alkanes of at least 4 members (excludes halogenated alkanes) is 12. The van der Waals surface area contributed by atoms with Crippen molar-refractivity contribution in [2.75, 3.05) is 6.61 Å². The van der Waals surface area contributed by atoms with Crippen molar-refractivity contribution in [1.82, 2.24) is 0 Å². The quantitative estimate of drug-likeness (QED) is 0.138. The van der Waals surface area contributed by atoms with Gasteiger partial charge in [0, 0.05) is 0 Å². The van der Waals surface area contributed by atoms with E-state index in [2.05, 4.69) is 19.1 Å². The minimum atomic E-state index is -3.61. The monoisotopic (exact) mass is 422 g/mol. The molecule has 0 fully saturated rings. The third kappa shape index (κ3) is 13.7. The van der Waals surface area contributed by atoms with Crippen LogP contribution in [-0.2, 0) is 14.3 Å². The van der Waals surface area contributed by atoms with Crippen molar-refractivity contribution in [2.24, 2.45) is 0 Å². The Bertz CT molecular complexity index is 633. The largest absolute Gasteiger partial charge is 0.296 e. The van der Waals surface area contributed by atoms with Crippen LogP contribution in [0.1, 0.15) is 102 Å². The average Bonchev–Trinajstić information content (AvgIpc) is 2.70. The maximum absolute atomic E-state index is 12.1. The van der Waals surface area contributed by atoms with E-state index in [1.54, 1.807) is 24.3 Å². The molecule has 0 aromatic heterocycles. The molecule has 0 spiro atoms. The lowest BCUT2D eigenvalue weighted by Crippen LogP contribution is -2.07. The Kier molecular flexibility index (Phi) is 14.9. The molecule has 0 unspecified atom stereocenters. The highest BCUT2D eigenvalue weighted by Gasteiger charge is 2.14. The molecular formula is C25H42O3S. The fourth-order valence-electron chi connectivity index (χ4n) is 3.29. The highest BCUT2D eigenvalue weighted by molar-refractivity contribution is 7.86. The van der Waals surface area contributed by atoms with Crippen molar-refractivity contribution in [2.45, 2.75) is 109 Å². The summed E-state index contributed by atoms with van der Waals surface area (Å²) in [6.07, 6.45) is 22.1. The Morgan fingerprint density at radius 2 is 1.21 bits per heavy atom. The molecule has 4 heteroatoms. The van der Waals surface area contributed by atoms with E-state index in [1.807, 2.05) is 6.92 Å². The molecule has 1 rings (SSSR count). The summed E-state index contributed by atoms with van der Waals surface area (Å²) in [5.41, 5.74) is 1.04. The van der Waals surface area contributed by atoms with Gasteiger partial charge in [-0.15, -0.1) is 0 Å². The van der Waals surface area contributed by atoms with Crippen LogP contribution in [0.15, 0.2) is 41.3 Å². The smallest absolute Gasteiger partial charge is 0.266 e. The van der Waals surface area contributed by atoms with E-state index < -0.39 is 10.1 Å². The third-order valence-corrected chi connectivity index (χ3v) is 6.53. The lowest BCUT2D eigenvalue weighted by atomic mass is 10.1. The Hall–Kier alpha value is -1.13. The highest BCUT2D eigenvalue weighted by Crippen LogP contribution is 2.14. The molecule has 29 heavy (non-hydrogen) atoms. The maximum atomic E-state index is 12.1. The zero-order chi connectivity index (χ0) is 21.2. The molecule has 0 aliphatic rings. The second kappa shape index (κ2) is 16.6. The molecule has 0 saturated carbocycles. The van der Waals surface area contributed by atoms with Crippen molar-refractivity contribution in [3.8, 4) is 0 Å². The molecule has 1 aromatic carbocycles. The van der Waals surface area contributed by atoms with Crippen LogP contribution in [-0.4, -0.2) is 15.0 Å². The van der Waals surface area contributed by atoms with Gasteiger partial charge in [0.15, 0.2) is 0 Å². The van der Waals surface area contributed by atoms with E-state index in [-0.39, 0.29) is 11.5 Å². The summed E-state index contributed by atoms with van der Waals surface area (Å²) in [7, 11) is -3.61. The van der Waals surface area contributed by atoms with E-state index in [1.165, 1.54) is 64.2 Å². The van der Waals surface area contributed by atoms with E-state index >= 15 is 0 Å². The van der Waals surface area contributed by atoms with Crippen LogP contribution in [0, 0.1) is 6.92 Å². The fourth-order valence-corrected chi connectivity index (χ4v) is 4.23. The maximum Gasteiger partial charge on any atom is 0.296 e. The Balaban J connectivity index is 1.92. The van der Waals surface area contributed by atoms with Crippen molar-refractivity contribution < 1.29 is 12.6 Å². The van der Waals surface area contributed by atoms with Crippen molar-refractivity contribution in [3.05, 3.63) is 42.0 Å². The number of aryl methyl sites for hydroxylation is 1. The molecule has 0 heterocycles. The van der Waals surface area contributed by atoms with Crippen LogP contribution in [0.25, 0.3) is 0 Å². The molecule has 0 atom stereocenters. The standard InChI is InChI=1S/C25H42O3S/c1-3-4-5-6-7-8-9-10-11-12-13-14-15-16-17-18-23-28-29(26,27)25-21-19-24(2)20-22-25/h13-14,19-22H,3-12,15-18,23H2,1-2H3/b14-13-. The molecule has 0 aliphatic carbocycles. The Labute approximate surface area is 180 Å². The van der Waals surface area contributed by atoms with Crippen LogP contribution < -0.4 is 0 Å². The predicted molar refractivity (Wildman–Crippen MR) is 124 cm³/mol. The van der Waals surface area contributed by atoms with E-state index in [9.17, 15) is 8.42 Å². The molecule has 3 nitrogen and oxygen atoms in total. The summed E-state index contributed by atoms with van der Waals surface area (Å²) in [4.78, 5) is 0.238. The lowest BCUT2D eigenvalue weighted by molar-refractivity contribution is 0.307. The van der Waals surface area contributed by atoms with Gasteiger partial charge in [0.1, 0.15) is 0 Å². The highest BCUT2D eigenvalue weighted by atomic mass is 32.2. The van der Waals surface area contributed by atoms with Gasteiger partial charge in [0.2, 0.25) is 0 Å². The number of rotatable bonds is 18. The molecule has 0 aliphatic heterocycles. The Morgan fingerprint density at radius 1 is 0.724 bits per heavy atom. The SMILES string of the molecule is CCCCCCCCCCC/C=C\CCCCCOS(=O)(=O)c1ccc(C)cc1. The van der Waals surface area contributed by atoms with Gasteiger partial charge in [0.05, 0.1) is 11.5 Å². The van der Waals surface area contributed by atoms with Gasteiger partial charge in [-0.25, -0.2) is 0 Å². The first-order chi connectivity index (χ1) is 14.1. The summed E-state index contributed by atoms with van der Waals surface area (Å²) < 4.78 is 29.3. The van der Waals surface area contributed by atoms with E-state index in [0.717, 1.165) is 31.2 Å². The summed E-state index contributed by atoms with van der Waals surface area (Å²) >= 11 is 0. The molecule has 166 valence electrons. The number of allylic oxidation sites excluding steroid dienone is 2. The van der Waals surface area contributed by atoms with E-state index in [0.29, 0.717) is 0 Å². The minimum Gasteiger partial charge on any atom is -0.266 e. The van der Waals surface area contributed by atoms with Gasteiger partial charge in [-0.2, -0.15) is 8.42 Å². The second-order valence-electron chi connectivity index (χ2n) is 8.03. The van der Waals surface area contributed by atoms with Crippen LogP contribution in [0.3, 0.4) is 0 Å². The zero-order valence-electron chi connectivity index (χ0n) is 18.7. The molecule has 0 N–H and O–H groups in total. The number of hydrogen-bond donors (Lipinski definition) is 0. The van der Waals surface area contributed by atoms with Crippen LogP contribution >= 0.6 is 0 Å². The van der Waals surface area contributed by atoms with E-state index in [4.69, 9.17) is 4.18 Å². The first-order valence-electron chi connectivity index (χ1n) is 11.7. The van der Waals surface area contributed by atoms with Crippen molar-refractivity contribution in [1.29, 1.82) is 0 Å². The first kappa shape index (κ1) is 25.9. The first-order valence-corrected chi connectivity index (χ1v) is 13.1. The van der Waals surface area contributed by atoms with Gasteiger partial charge in [-0.05, 0) is 51.2 Å². The number of hydrogen-bond acceptors (Lipinski definition) is 3. The summed E-state index contributed by atoms with van der Waals surface area (Å²) in [6, 6.07) is 6.78. The topological polar surface area (TPSA) is 43.4 Å². The van der Waals surface area contributed by atoms with Crippen LogP contribution in [0.2, 0.25) is 0 Å². The van der Waals surface area contributed by atoms with Crippen LogP contribution in [0.5, 0.6) is 0 Å². The molecule has 0 bridgehead atoms. The van der Waals surface area contributed by atoms with Gasteiger partial charge in [-0.1, -0.05) is 94.6 Å². The molecule has 0 saturated heterocycles. The van der Waals surface area contributed by atoms with Gasteiger partial charge in [0.25, 0.3) is 10.1 Å². The normalized spacial score (nSPS) is 12.1.